The zero-order valence-corrected chi connectivity index (χ0v) is 10.9. The van der Waals surface area contributed by atoms with Crippen LogP contribution in [0.3, 0.4) is 0 Å². The first-order valence-corrected chi connectivity index (χ1v) is 6.14. The van der Waals surface area contributed by atoms with Crippen LogP contribution >= 0.6 is 11.8 Å². The molecule has 0 saturated carbocycles. The minimum atomic E-state index is -0.284. The molecule has 0 spiro atoms. The summed E-state index contributed by atoms with van der Waals surface area (Å²) in [5, 5.41) is 0.746. The molecule has 1 aromatic rings. The van der Waals surface area contributed by atoms with Gasteiger partial charge < -0.3 is 10.2 Å². The number of rotatable bonds is 5. The van der Waals surface area contributed by atoms with Gasteiger partial charge >= 0.3 is 5.97 Å². The van der Waals surface area contributed by atoms with Crippen LogP contribution in [0.2, 0.25) is 0 Å². The fourth-order valence-corrected chi connectivity index (χ4v) is 2.02. The summed E-state index contributed by atoms with van der Waals surface area (Å²) >= 11 is 1.32. The van der Waals surface area contributed by atoms with Gasteiger partial charge in [-0.25, -0.2) is 15.8 Å². The van der Waals surface area contributed by atoms with E-state index in [4.69, 9.17) is 5.84 Å². The van der Waals surface area contributed by atoms with Gasteiger partial charge in [-0.3, -0.25) is 4.79 Å². The van der Waals surface area contributed by atoms with Crippen molar-refractivity contribution in [3.8, 4) is 0 Å². The van der Waals surface area contributed by atoms with E-state index >= 15 is 0 Å². The predicted molar refractivity (Wildman–Crippen MR) is 66.7 cm³/mol. The molecular weight excluding hydrogens is 240 g/mol. The third-order valence-electron chi connectivity index (χ3n) is 2.15. The summed E-state index contributed by atoms with van der Waals surface area (Å²) < 4.78 is 4.58. The Morgan fingerprint density at radius 1 is 1.53 bits per heavy atom. The van der Waals surface area contributed by atoms with Crippen LogP contribution in [0.1, 0.15) is 18.3 Å². The number of hydrogen-bond acceptors (Lipinski definition) is 7. The summed E-state index contributed by atoms with van der Waals surface area (Å²) in [7, 11) is 1.36. The standard InChI is InChI=1S/C10H16N4O2S/c1-4-7-12-9(14-11)6(2)10(13-7)17-5-8(15)16-3/h4-5,11H2,1-3H3,(H,12,13,14). The Labute approximate surface area is 104 Å². The molecule has 0 radical (unpaired) electrons. The summed E-state index contributed by atoms with van der Waals surface area (Å²) in [6.07, 6.45) is 0.709. The molecule has 0 aliphatic heterocycles. The smallest absolute Gasteiger partial charge is 0.316 e. The monoisotopic (exact) mass is 256 g/mol. The topological polar surface area (TPSA) is 90.1 Å². The lowest BCUT2D eigenvalue weighted by molar-refractivity contribution is -0.137. The highest BCUT2D eigenvalue weighted by Gasteiger charge is 2.11. The average molecular weight is 256 g/mol. The summed E-state index contributed by atoms with van der Waals surface area (Å²) in [6, 6.07) is 0. The molecule has 0 saturated heterocycles. The fourth-order valence-electron chi connectivity index (χ4n) is 1.17. The molecule has 7 heteroatoms. The zero-order valence-electron chi connectivity index (χ0n) is 10.1. The molecule has 0 aliphatic rings. The summed E-state index contributed by atoms with van der Waals surface area (Å²) in [6.45, 7) is 3.81. The number of aromatic nitrogens is 2. The van der Waals surface area contributed by atoms with E-state index in [-0.39, 0.29) is 11.7 Å². The van der Waals surface area contributed by atoms with Crippen molar-refractivity contribution in [2.45, 2.75) is 25.3 Å². The molecule has 6 nitrogen and oxygen atoms in total. The molecule has 1 rings (SSSR count). The first kappa shape index (κ1) is 13.7. The van der Waals surface area contributed by atoms with E-state index in [1.807, 2.05) is 13.8 Å². The molecule has 94 valence electrons. The number of anilines is 1. The number of nitrogen functional groups attached to an aromatic ring is 1. The van der Waals surface area contributed by atoms with Crippen LogP contribution in [0.15, 0.2) is 5.03 Å². The Kier molecular flexibility index (Phi) is 5.17. The number of esters is 1. The van der Waals surface area contributed by atoms with Crippen molar-refractivity contribution in [2.75, 3.05) is 18.3 Å². The molecule has 0 unspecified atom stereocenters. The molecule has 0 aromatic carbocycles. The van der Waals surface area contributed by atoms with Gasteiger partial charge in [0.25, 0.3) is 0 Å². The molecule has 1 heterocycles. The number of hydrogen-bond donors (Lipinski definition) is 2. The lowest BCUT2D eigenvalue weighted by atomic mass is 10.3. The van der Waals surface area contributed by atoms with Crippen molar-refractivity contribution >= 4 is 23.5 Å². The van der Waals surface area contributed by atoms with Gasteiger partial charge in [0.15, 0.2) is 0 Å². The summed E-state index contributed by atoms with van der Waals surface area (Å²) in [5.41, 5.74) is 3.36. The largest absolute Gasteiger partial charge is 0.468 e. The zero-order chi connectivity index (χ0) is 12.8. The van der Waals surface area contributed by atoms with E-state index in [1.165, 1.54) is 18.9 Å². The van der Waals surface area contributed by atoms with Crippen LogP contribution in [0, 0.1) is 6.92 Å². The van der Waals surface area contributed by atoms with E-state index in [1.54, 1.807) is 0 Å². The highest BCUT2D eigenvalue weighted by Crippen LogP contribution is 2.24. The molecule has 0 fully saturated rings. The number of carbonyl (C=O) groups is 1. The fraction of sp³-hybridized carbons (Fsp3) is 0.500. The van der Waals surface area contributed by atoms with E-state index in [2.05, 4.69) is 20.1 Å². The molecule has 0 aliphatic carbocycles. The van der Waals surface area contributed by atoms with Crippen LogP contribution < -0.4 is 11.3 Å². The van der Waals surface area contributed by atoms with Gasteiger partial charge in [0, 0.05) is 12.0 Å². The van der Waals surface area contributed by atoms with Crippen molar-refractivity contribution in [3.63, 3.8) is 0 Å². The number of nitrogens with two attached hydrogens (primary N) is 1. The number of thioether (sulfide) groups is 1. The van der Waals surface area contributed by atoms with Crippen LogP contribution in [-0.4, -0.2) is 28.8 Å². The molecule has 1 aromatic heterocycles. The SMILES string of the molecule is CCc1nc(NN)c(C)c(SCC(=O)OC)n1. The maximum absolute atomic E-state index is 11.1. The highest BCUT2D eigenvalue weighted by molar-refractivity contribution is 7.99. The number of ether oxygens (including phenoxy) is 1. The lowest BCUT2D eigenvalue weighted by Crippen LogP contribution is -2.13. The van der Waals surface area contributed by atoms with Gasteiger partial charge in [0.2, 0.25) is 0 Å². The molecule has 0 bridgehead atoms. The third kappa shape index (κ3) is 3.57. The van der Waals surface area contributed by atoms with Crippen molar-refractivity contribution in [1.82, 2.24) is 9.97 Å². The number of methoxy groups -OCH3 is 1. The Hall–Kier alpha value is -1.34. The van der Waals surface area contributed by atoms with E-state index in [0.29, 0.717) is 18.1 Å². The molecule has 3 N–H and O–H groups in total. The van der Waals surface area contributed by atoms with E-state index in [0.717, 1.165) is 10.6 Å². The number of nitrogens with zero attached hydrogens (tertiary/aromatic N) is 2. The van der Waals surface area contributed by atoms with Crippen LogP contribution in [0.5, 0.6) is 0 Å². The van der Waals surface area contributed by atoms with E-state index < -0.39 is 0 Å². The average Bonchev–Trinajstić information content (AvgIpc) is 2.37. The van der Waals surface area contributed by atoms with Gasteiger partial charge in [-0.2, -0.15) is 0 Å². The number of nitrogens with one attached hydrogen (secondary N) is 1. The van der Waals surface area contributed by atoms with Gasteiger partial charge in [0.1, 0.15) is 16.7 Å². The third-order valence-corrected chi connectivity index (χ3v) is 3.21. The molecule has 0 atom stereocenters. The maximum atomic E-state index is 11.1. The second-order valence-electron chi connectivity index (χ2n) is 3.28. The molecular formula is C10H16N4O2S. The number of carbonyl (C=O) groups excluding carboxylic acids is 1. The van der Waals surface area contributed by atoms with Crippen LogP contribution in [0.4, 0.5) is 5.82 Å². The lowest BCUT2D eigenvalue weighted by Gasteiger charge is -2.10. The van der Waals surface area contributed by atoms with Gasteiger partial charge in [-0.1, -0.05) is 18.7 Å². The van der Waals surface area contributed by atoms with Crippen molar-refractivity contribution < 1.29 is 9.53 Å². The molecule has 0 amide bonds. The van der Waals surface area contributed by atoms with Gasteiger partial charge in [-0.05, 0) is 6.92 Å². The Morgan fingerprint density at radius 2 is 2.24 bits per heavy atom. The number of hydrazine groups is 1. The van der Waals surface area contributed by atoms with Crippen LogP contribution in [-0.2, 0) is 16.0 Å². The summed E-state index contributed by atoms with van der Waals surface area (Å²) in [5.74, 6) is 6.60. The van der Waals surface area contributed by atoms with Crippen molar-refractivity contribution in [3.05, 3.63) is 11.4 Å². The predicted octanol–water partition coefficient (Wildman–Crippen LogP) is 0.898. The Bertz CT molecular complexity index is 412. The van der Waals surface area contributed by atoms with Crippen molar-refractivity contribution in [1.29, 1.82) is 0 Å². The second kappa shape index (κ2) is 6.41. The normalized spacial score (nSPS) is 10.1. The second-order valence-corrected chi connectivity index (χ2v) is 4.25. The Morgan fingerprint density at radius 3 is 2.76 bits per heavy atom. The van der Waals surface area contributed by atoms with Gasteiger partial charge in [0.05, 0.1) is 12.9 Å². The first-order chi connectivity index (χ1) is 8.12. The van der Waals surface area contributed by atoms with E-state index in [9.17, 15) is 4.79 Å². The highest BCUT2D eigenvalue weighted by atomic mass is 32.2. The molecule has 17 heavy (non-hydrogen) atoms. The van der Waals surface area contributed by atoms with Crippen LogP contribution in [0.25, 0.3) is 0 Å². The minimum absolute atomic E-state index is 0.224. The quantitative estimate of drug-likeness (QED) is 0.266. The van der Waals surface area contributed by atoms with Crippen molar-refractivity contribution in [2.24, 2.45) is 5.84 Å². The van der Waals surface area contributed by atoms with Gasteiger partial charge in [-0.15, -0.1) is 0 Å². The Balaban J connectivity index is 2.93. The summed E-state index contributed by atoms with van der Waals surface area (Å²) in [4.78, 5) is 19.7. The minimum Gasteiger partial charge on any atom is -0.468 e. The maximum Gasteiger partial charge on any atom is 0.316 e. The number of aryl methyl sites for hydroxylation is 1. The first-order valence-electron chi connectivity index (χ1n) is 5.16.